The summed E-state index contributed by atoms with van der Waals surface area (Å²) in [7, 11) is -3.93. The van der Waals surface area contributed by atoms with Crippen LogP contribution in [-0.2, 0) is 14.8 Å². The maximum Gasteiger partial charge on any atom is 0.264 e. The quantitative estimate of drug-likeness (QED) is 0.827. The van der Waals surface area contributed by atoms with Gasteiger partial charge in [-0.05, 0) is 37.3 Å². The van der Waals surface area contributed by atoms with Gasteiger partial charge in [-0.25, -0.2) is 8.42 Å². The van der Waals surface area contributed by atoms with E-state index in [1.54, 1.807) is 25.1 Å². The molecule has 0 saturated carbocycles. The largest absolute Gasteiger partial charge is 0.355 e. The van der Waals surface area contributed by atoms with E-state index in [2.05, 4.69) is 5.32 Å². The third-order valence-electron chi connectivity index (χ3n) is 3.18. The molecule has 0 spiro atoms. The van der Waals surface area contributed by atoms with Gasteiger partial charge in [0.05, 0.1) is 20.6 Å². The van der Waals surface area contributed by atoms with Crippen molar-refractivity contribution in [1.29, 1.82) is 0 Å². The molecule has 128 valence electrons. The highest BCUT2D eigenvalue weighted by Gasteiger charge is 2.27. The van der Waals surface area contributed by atoms with Gasteiger partial charge in [-0.2, -0.15) is 0 Å². The summed E-state index contributed by atoms with van der Waals surface area (Å²) in [5.41, 5.74) is 0.263. The number of carbonyl (C=O) groups excluding carboxylic acids is 1. The van der Waals surface area contributed by atoms with E-state index in [0.29, 0.717) is 11.6 Å². The Hall–Kier alpha value is -1.76. The molecule has 8 heteroatoms. The van der Waals surface area contributed by atoms with Crippen molar-refractivity contribution in [1.82, 2.24) is 5.32 Å². The summed E-state index contributed by atoms with van der Waals surface area (Å²) < 4.78 is 26.9. The SMILES string of the molecule is CCNC(=O)CN(c1ccc(Cl)c(Cl)c1)S(=O)(=O)c1ccccc1. The Morgan fingerprint density at radius 3 is 2.33 bits per heavy atom. The first-order chi connectivity index (χ1) is 11.4. The zero-order valence-electron chi connectivity index (χ0n) is 12.9. The molecular formula is C16H16Cl2N2O3S. The van der Waals surface area contributed by atoms with Gasteiger partial charge in [0.15, 0.2) is 0 Å². The molecule has 0 bridgehead atoms. The summed E-state index contributed by atoms with van der Waals surface area (Å²) in [4.78, 5) is 12.1. The van der Waals surface area contributed by atoms with Gasteiger partial charge in [-0.3, -0.25) is 9.10 Å². The lowest BCUT2D eigenvalue weighted by molar-refractivity contribution is -0.119. The highest BCUT2D eigenvalue weighted by Crippen LogP contribution is 2.30. The van der Waals surface area contributed by atoms with Crippen LogP contribution in [0.1, 0.15) is 6.92 Å². The third-order valence-corrected chi connectivity index (χ3v) is 5.71. The van der Waals surface area contributed by atoms with E-state index >= 15 is 0 Å². The van der Waals surface area contributed by atoms with E-state index in [9.17, 15) is 13.2 Å². The smallest absolute Gasteiger partial charge is 0.264 e. The number of sulfonamides is 1. The van der Waals surface area contributed by atoms with E-state index in [1.807, 2.05) is 0 Å². The number of anilines is 1. The van der Waals surface area contributed by atoms with Crippen molar-refractivity contribution in [2.75, 3.05) is 17.4 Å². The monoisotopic (exact) mass is 386 g/mol. The van der Waals surface area contributed by atoms with E-state index in [1.165, 1.54) is 30.3 Å². The van der Waals surface area contributed by atoms with Crippen LogP contribution in [0.3, 0.4) is 0 Å². The fraction of sp³-hybridized carbons (Fsp3) is 0.188. The molecule has 24 heavy (non-hydrogen) atoms. The molecule has 0 aromatic heterocycles. The van der Waals surface area contributed by atoms with Gasteiger partial charge >= 0.3 is 0 Å². The maximum absolute atomic E-state index is 12.9. The zero-order valence-corrected chi connectivity index (χ0v) is 15.2. The fourth-order valence-corrected chi connectivity index (χ4v) is 3.78. The second kappa shape index (κ2) is 7.88. The van der Waals surface area contributed by atoms with E-state index in [0.717, 1.165) is 4.31 Å². The van der Waals surface area contributed by atoms with Crippen molar-refractivity contribution in [3.05, 3.63) is 58.6 Å². The molecule has 2 aromatic carbocycles. The molecule has 0 unspecified atom stereocenters. The third kappa shape index (κ3) is 4.20. The van der Waals surface area contributed by atoms with Crippen LogP contribution in [0.15, 0.2) is 53.4 Å². The highest BCUT2D eigenvalue weighted by atomic mass is 35.5. The van der Waals surface area contributed by atoms with Gasteiger partial charge in [0.25, 0.3) is 10.0 Å². The molecule has 0 aliphatic carbocycles. The second-order valence-corrected chi connectivity index (χ2v) is 7.55. The second-order valence-electron chi connectivity index (χ2n) is 4.88. The first-order valence-electron chi connectivity index (χ1n) is 7.15. The van der Waals surface area contributed by atoms with Gasteiger partial charge in [0.1, 0.15) is 6.54 Å². The number of benzene rings is 2. The lowest BCUT2D eigenvalue weighted by Crippen LogP contribution is -2.40. The Kier molecular flexibility index (Phi) is 6.10. The Labute approximate surface area is 151 Å². The van der Waals surface area contributed by atoms with Crippen molar-refractivity contribution in [2.24, 2.45) is 0 Å². The molecule has 1 amide bonds. The number of nitrogens with zero attached hydrogens (tertiary/aromatic N) is 1. The molecule has 0 aliphatic rings. The molecule has 1 N–H and O–H groups in total. The zero-order chi connectivity index (χ0) is 17.7. The van der Waals surface area contributed by atoms with Gasteiger partial charge < -0.3 is 5.32 Å². The Balaban J connectivity index is 2.50. The first-order valence-corrected chi connectivity index (χ1v) is 9.35. The molecule has 0 radical (unpaired) electrons. The predicted octanol–water partition coefficient (Wildman–Crippen LogP) is 3.32. The van der Waals surface area contributed by atoms with Gasteiger partial charge in [-0.1, -0.05) is 41.4 Å². The van der Waals surface area contributed by atoms with Gasteiger partial charge in [0, 0.05) is 6.54 Å². The van der Waals surface area contributed by atoms with Crippen LogP contribution in [0.2, 0.25) is 10.0 Å². The summed E-state index contributed by atoms with van der Waals surface area (Å²) in [5, 5.41) is 3.10. The van der Waals surface area contributed by atoms with Crippen LogP contribution in [0.4, 0.5) is 5.69 Å². The van der Waals surface area contributed by atoms with E-state index in [-0.39, 0.29) is 22.2 Å². The summed E-state index contributed by atoms with van der Waals surface area (Å²) in [6.07, 6.45) is 0. The number of rotatable bonds is 6. The normalized spacial score (nSPS) is 11.1. The Morgan fingerprint density at radius 1 is 1.08 bits per heavy atom. The Morgan fingerprint density at radius 2 is 1.75 bits per heavy atom. The molecule has 2 aromatic rings. The minimum atomic E-state index is -3.93. The number of carbonyl (C=O) groups is 1. The average molecular weight is 387 g/mol. The molecule has 0 fully saturated rings. The standard InChI is InChI=1S/C16H16Cl2N2O3S/c1-2-19-16(21)11-20(12-8-9-14(17)15(18)10-12)24(22,23)13-6-4-3-5-7-13/h3-10H,2,11H2,1H3,(H,19,21). The molecule has 0 heterocycles. The van der Waals surface area contributed by atoms with E-state index < -0.39 is 15.9 Å². The van der Waals surface area contributed by atoms with Crippen LogP contribution in [0.5, 0.6) is 0 Å². The number of likely N-dealkylation sites (N-methyl/N-ethyl adjacent to an activating group) is 1. The number of nitrogens with one attached hydrogen (secondary N) is 1. The number of hydrogen-bond donors (Lipinski definition) is 1. The van der Waals surface area contributed by atoms with Crippen molar-refractivity contribution in [2.45, 2.75) is 11.8 Å². The van der Waals surface area contributed by atoms with Crippen molar-refractivity contribution in [3.63, 3.8) is 0 Å². The molecule has 0 aliphatic heterocycles. The maximum atomic E-state index is 12.9. The fourth-order valence-electron chi connectivity index (χ4n) is 2.06. The van der Waals surface area contributed by atoms with Crippen LogP contribution in [0.25, 0.3) is 0 Å². The molecule has 0 saturated heterocycles. The molecule has 0 atom stereocenters. The van der Waals surface area contributed by atoms with Crippen molar-refractivity contribution in [3.8, 4) is 0 Å². The Bertz CT molecular complexity index is 826. The first kappa shape index (κ1) is 18.6. The van der Waals surface area contributed by atoms with Gasteiger partial charge in [0.2, 0.25) is 5.91 Å². The minimum absolute atomic E-state index is 0.0837. The average Bonchev–Trinajstić information content (AvgIpc) is 2.56. The number of amides is 1. The van der Waals surface area contributed by atoms with Crippen LogP contribution < -0.4 is 9.62 Å². The summed E-state index contributed by atoms with van der Waals surface area (Å²) >= 11 is 11.9. The highest BCUT2D eigenvalue weighted by molar-refractivity contribution is 7.92. The molecule has 5 nitrogen and oxygen atoms in total. The van der Waals surface area contributed by atoms with Crippen LogP contribution in [0, 0.1) is 0 Å². The summed E-state index contributed by atoms with van der Waals surface area (Å²) in [6, 6.07) is 12.3. The topological polar surface area (TPSA) is 66.5 Å². The lowest BCUT2D eigenvalue weighted by Gasteiger charge is -2.24. The van der Waals surface area contributed by atoms with Crippen LogP contribution >= 0.6 is 23.2 Å². The summed E-state index contributed by atoms with van der Waals surface area (Å²) in [6.45, 7) is 1.80. The number of halogens is 2. The van der Waals surface area contributed by atoms with E-state index in [4.69, 9.17) is 23.2 Å². The molecule has 2 rings (SSSR count). The van der Waals surface area contributed by atoms with Crippen molar-refractivity contribution < 1.29 is 13.2 Å². The minimum Gasteiger partial charge on any atom is -0.355 e. The predicted molar refractivity (Wildman–Crippen MR) is 96.1 cm³/mol. The molecular weight excluding hydrogens is 371 g/mol. The van der Waals surface area contributed by atoms with Crippen molar-refractivity contribution >= 4 is 44.8 Å². The lowest BCUT2D eigenvalue weighted by atomic mass is 10.3. The van der Waals surface area contributed by atoms with Gasteiger partial charge in [-0.15, -0.1) is 0 Å². The summed E-state index contributed by atoms with van der Waals surface area (Å²) in [5.74, 6) is -0.414. The van der Waals surface area contributed by atoms with Crippen LogP contribution in [-0.4, -0.2) is 27.4 Å². The number of hydrogen-bond acceptors (Lipinski definition) is 3.